The predicted octanol–water partition coefficient (Wildman–Crippen LogP) is 3.10. The van der Waals surface area contributed by atoms with Crippen molar-refractivity contribution in [2.24, 2.45) is 11.8 Å². The third-order valence-electron chi connectivity index (χ3n) is 5.77. The lowest BCUT2D eigenvalue weighted by molar-refractivity contribution is -0.138. The van der Waals surface area contributed by atoms with Crippen LogP contribution in [-0.4, -0.2) is 34.1 Å². The van der Waals surface area contributed by atoms with E-state index < -0.39 is 12.1 Å². The lowest BCUT2D eigenvalue weighted by Gasteiger charge is -2.45. The summed E-state index contributed by atoms with van der Waals surface area (Å²) in [5.74, 6) is -1.88. The molecule has 0 radical (unpaired) electrons. The van der Waals surface area contributed by atoms with Crippen molar-refractivity contribution in [3.8, 4) is 0 Å². The highest BCUT2D eigenvalue weighted by molar-refractivity contribution is 6.09. The molecule has 1 aromatic carbocycles. The van der Waals surface area contributed by atoms with Gasteiger partial charge in [0, 0.05) is 18.2 Å². The van der Waals surface area contributed by atoms with Gasteiger partial charge in [-0.1, -0.05) is 30.3 Å². The number of benzene rings is 1. The zero-order valence-corrected chi connectivity index (χ0v) is 15.4. The number of fused-ring (bicyclic) bond motifs is 1. The molecule has 2 heterocycles. The number of halogens is 1. The molecule has 2 fully saturated rings. The minimum absolute atomic E-state index is 0.0854. The number of nitrogens with one attached hydrogen (secondary N) is 1. The van der Waals surface area contributed by atoms with E-state index >= 15 is 0 Å². The molecule has 2 aromatic rings. The highest BCUT2D eigenvalue weighted by Crippen LogP contribution is 2.45. The zero-order valence-electron chi connectivity index (χ0n) is 15.4. The summed E-state index contributed by atoms with van der Waals surface area (Å²) in [5.41, 5.74) is 1.45. The first kappa shape index (κ1) is 18.5. The van der Waals surface area contributed by atoms with Gasteiger partial charge in [-0.2, -0.15) is 10.2 Å². The first-order valence-corrected chi connectivity index (χ1v) is 9.62. The Morgan fingerprint density at radius 1 is 1.14 bits per heavy atom. The van der Waals surface area contributed by atoms with Gasteiger partial charge in [0.2, 0.25) is 5.91 Å². The van der Waals surface area contributed by atoms with Crippen LogP contribution in [0.4, 0.5) is 4.39 Å². The molecule has 5 atom stereocenters. The van der Waals surface area contributed by atoms with Crippen LogP contribution < -0.4 is 5.32 Å². The van der Waals surface area contributed by atoms with Gasteiger partial charge >= 0.3 is 0 Å². The number of carbonyl (C=O) groups is 2. The van der Waals surface area contributed by atoms with Gasteiger partial charge < -0.3 is 5.32 Å². The number of allylic oxidation sites excluding steroid dienone is 1. The predicted molar refractivity (Wildman–Crippen MR) is 103 cm³/mol. The van der Waals surface area contributed by atoms with Crippen molar-refractivity contribution in [2.75, 3.05) is 0 Å². The van der Waals surface area contributed by atoms with Crippen LogP contribution in [0.25, 0.3) is 6.08 Å². The summed E-state index contributed by atoms with van der Waals surface area (Å²) in [6.07, 6.45) is 5.03. The monoisotopic (exact) mass is 379 g/mol. The topological polar surface area (TPSA) is 72.0 Å². The Morgan fingerprint density at radius 3 is 2.71 bits per heavy atom. The number of hydrogen-bond donors (Lipinski definition) is 1. The molecule has 1 aromatic heterocycles. The van der Waals surface area contributed by atoms with Gasteiger partial charge in [0.15, 0.2) is 5.78 Å². The molecule has 1 amide bonds. The van der Waals surface area contributed by atoms with Crippen molar-refractivity contribution in [1.82, 2.24) is 15.5 Å². The van der Waals surface area contributed by atoms with E-state index in [0.29, 0.717) is 25.0 Å². The van der Waals surface area contributed by atoms with E-state index in [1.54, 1.807) is 24.4 Å². The van der Waals surface area contributed by atoms with Gasteiger partial charge in [-0.05, 0) is 55.0 Å². The molecule has 0 bridgehead atoms. The zero-order chi connectivity index (χ0) is 19.5. The first-order valence-electron chi connectivity index (χ1n) is 9.62. The fraction of sp³-hybridized carbons (Fsp3) is 0.364. The number of alkyl halides is 1. The van der Waals surface area contributed by atoms with Crippen molar-refractivity contribution in [1.29, 1.82) is 0 Å². The molecule has 144 valence electrons. The standard InChI is InChI=1S/C22H22FN3O2/c23-15-8-10-18-17(13-15)20(14-5-2-1-3-6-14)21(22(28)25-18)19(27)11-9-16-7-4-12-24-26-16/h1-7,9,11-12,15,17-18,20-21H,8,10,13H2,(H,25,28)/b11-9+. The molecule has 1 saturated heterocycles. The molecule has 5 unspecified atom stereocenters. The Labute approximate surface area is 163 Å². The van der Waals surface area contributed by atoms with Gasteiger partial charge in [-0.25, -0.2) is 4.39 Å². The maximum absolute atomic E-state index is 14.2. The smallest absolute Gasteiger partial charge is 0.231 e. The van der Waals surface area contributed by atoms with Gasteiger partial charge in [-0.15, -0.1) is 0 Å². The summed E-state index contributed by atoms with van der Waals surface area (Å²) in [5, 5.41) is 10.7. The fourth-order valence-electron chi connectivity index (χ4n) is 4.51. The van der Waals surface area contributed by atoms with E-state index in [4.69, 9.17) is 0 Å². The lowest BCUT2D eigenvalue weighted by atomic mass is 9.64. The SMILES string of the molecule is O=C(/C=C/c1cccnn1)C1C(=O)NC2CCC(F)CC2C1c1ccccc1. The Kier molecular flexibility index (Phi) is 5.28. The number of aromatic nitrogens is 2. The van der Waals surface area contributed by atoms with Crippen molar-refractivity contribution in [2.45, 2.75) is 37.4 Å². The highest BCUT2D eigenvalue weighted by atomic mass is 19.1. The van der Waals surface area contributed by atoms with Gasteiger partial charge in [0.1, 0.15) is 12.1 Å². The average molecular weight is 379 g/mol. The molecule has 0 spiro atoms. The normalized spacial score (nSPS) is 29.9. The van der Waals surface area contributed by atoms with Gasteiger partial charge in [-0.3, -0.25) is 9.59 Å². The van der Waals surface area contributed by atoms with E-state index in [0.717, 1.165) is 5.56 Å². The molecule has 28 heavy (non-hydrogen) atoms. The molecule has 4 rings (SSSR count). The van der Waals surface area contributed by atoms with Crippen LogP contribution in [0.15, 0.2) is 54.7 Å². The van der Waals surface area contributed by atoms with Crippen LogP contribution >= 0.6 is 0 Å². The molecule has 1 aliphatic carbocycles. The molecule has 1 N–H and O–H groups in total. The Balaban J connectivity index is 1.67. The summed E-state index contributed by atoms with van der Waals surface area (Å²) in [4.78, 5) is 25.9. The van der Waals surface area contributed by atoms with E-state index in [2.05, 4.69) is 15.5 Å². The second kappa shape index (κ2) is 8.00. The third-order valence-corrected chi connectivity index (χ3v) is 5.77. The molecule has 1 aliphatic heterocycles. The molecule has 1 saturated carbocycles. The fourth-order valence-corrected chi connectivity index (χ4v) is 4.51. The molecular formula is C22H22FN3O2. The van der Waals surface area contributed by atoms with E-state index in [1.165, 1.54) is 6.08 Å². The Hall–Kier alpha value is -2.89. The van der Waals surface area contributed by atoms with Crippen LogP contribution in [0, 0.1) is 11.8 Å². The minimum atomic E-state index is -0.895. The van der Waals surface area contributed by atoms with Crippen LogP contribution in [0.5, 0.6) is 0 Å². The van der Waals surface area contributed by atoms with E-state index in [-0.39, 0.29) is 29.6 Å². The first-order chi connectivity index (χ1) is 13.6. The van der Waals surface area contributed by atoms with Crippen molar-refractivity contribution < 1.29 is 14.0 Å². The third kappa shape index (κ3) is 3.72. The maximum Gasteiger partial charge on any atom is 0.231 e. The number of amides is 1. The second-order valence-corrected chi connectivity index (χ2v) is 7.49. The van der Waals surface area contributed by atoms with Crippen molar-refractivity contribution >= 4 is 17.8 Å². The van der Waals surface area contributed by atoms with Gasteiger partial charge in [0.25, 0.3) is 0 Å². The van der Waals surface area contributed by atoms with Crippen molar-refractivity contribution in [3.63, 3.8) is 0 Å². The van der Waals surface area contributed by atoms with Crippen LogP contribution in [0.2, 0.25) is 0 Å². The highest BCUT2D eigenvalue weighted by Gasteiger charge is 2.49. The summed E-state index contributed by atoms with van der Waals surface area (Å²) < 4.78 is 14.2. The summed E-state index contributed by atoms with van der Waals surface area (Å²) >= 11 is 0. The van der Waals surface area contributed by atoms with E-state index in [9.17, 15) is 14.0 Å². The van der Waals surface area contributed by atoms with Crippen LogP contribution in [-0.2, 0) is 9.59 Å². The molecular weight excluding hydrogens is 357 g/mol. The summed E-state index contributed by atoms with van der Waals surface area (Å²) in [7, 11) is 0. The summed E-state index contributed by atoms with van der Waals surface area (Å²) in [6.45, 7) is 0. The molecule has 5 nitrogen and oxygen atoms in total. The Morgan fingerprint density at radius 2 is 1.96 bits per heavy atom. The number of rotatable bonds is 4. The number of ketones is 1. The Bertz CT molecular complexity index is 872. The van der Waals surface area contributed by atoms with Gasteiger partial charge in [0.05, 0.1) is 5.69 Å². The number of nitrogens with zero attached hydrogens (tertiary/aromatic N) is 2. The van der Waals surface area contributed by atoms with Crippen LogP contribution in [0.1, 0.15) is 36.4 Å². The lowest BCUT2D eigenvalue weighted by Crippen LogP contribution is -2.57. The number of hydrogen-bond acceptors (Lipinski definition) is 4. The molecule has 6 heteroatoms. The summed E-state index contributed by atoms with van der Waals surface area (Å²) in [6, 6.07) is 12.9. The second-order valence-electron chi connectivity index (χ2n) is 7.49. The maximum atomic E-state index is 14.2. The number of piperidine rings is 1. The minimum Gasteiger partial charge on any atom is -0.352 e. The average Bonchev–Trinajstić information content (AvgIpc) is 2.73. The van der Waals surface area contributed by atoms with Crippen molar-refractivity contribution in [3.05, 3.63) is 66.0 Å². The largest absolute Gasteiger partial charge is 0.352 e. The quantitative estimate of drug-likeness (QED) is 0.655. The van der Waals surface area contributed by atoms with E-state index in [1.807, 2.05) is 30.3 Å². The van der Waals surface area contributed by atoms with Crippen LogP contribution in [0.3, 0.4) is 0 Å². The molecule has 2 aliphatic rings. The number of carbonyl (C=O) groups excluding carboxylic acids is 2.